The molecule has 0 bridgehead atoms. The van der Waals surface area contributed by atoms with Gasteiger partial charge in [-0.1, -0.05) is 17.7 Å². The van der Waals surface area contributed by atoms with E-state index in [-0.39, 0.29) is 12.6 Å². The van der Waals surface area contributed by atoms with Crippen LogP contribution in [0.25, 0.3) is 0 Å². The summed E-state index contributed by atoms with van der Waals surface area (Å²) in [5.41, 5.74) is 9.06. The summed E-state index contributed by atoms with van der Waals surface area (Å²) >= 11 is 0. The Labute approximate surface area is 99.8 Å². The number of guanidine groups is 1. The molecule has 6 nitrogen and oxygen atoms in total. The zero-order valence-electron chi connectivity index (χ0n) is 9.84. The Morgan fingerprint density at radius 1 is 1.53 bits per heavy atom. The molecule has 4 N–H and O–H groups in total. The Bertz CT molecular complexity index is 429. The number of aryl methyl sites for hydroxylation is 2. The zero-order valence-corrected chi connectivity index (χ0v) is 9.84. The molecular formula is C11H16N4O2. The van der Waals surface area contributed by atoms with Crippen molar-refractivity contribution in [1.29, 1.82) is 0 Å². The number of ether oxygens (including phenoxy) is 1. The number of hydrogen-bond donors (Lipinski definition) is 3. The first-order valence-electron chi connectivity index (χ1n) is 5.08. The lowest BCUT2D eigenvalue weighted by Crippen LogP contribution is -2.27. The molecule has 6 heteroatoms. The second-order valence-electron chi connectivity index (χ2n) is 3.48. The average Bonchev–Trinajstić information content (AvgIpc) is 2.30. The molecule has 0 saturated carbocycles. The number of hydrogen-bond acceptors (Lipinski definition) is 4. The summed E-state index contributed by atoms with van der Waals surface area (Å²) in [7, 11) is 0. The highest BCUT2D eigenvalue weighted by molar-refractivity contribution is 5.77. The molecule has 0 aliphatic carbocycles. The molecule has 1 aromatic carbocycles. The van der Waals surface area contributed by atoms with Gasteiger partial charge in [0.2, 0.25) is 5.96 Å². The van der Waals surface area contributed by atoms with Crippen molar-refractivity contribution < 1.29 is 9.94 Å². The van der Waals surface area contributed by atoms with Crippen molar-refractivity contribution >= 4 is 12.2 Å². The zero-order chi connectivity index (χ0) is 12.7. The Balaban J connectivity index is 2.46. The minimum Gasteiger partial charge on any atom is -0.488 e. The summed E-state index contributed by atoms with van der Waals surface area (Å²) < 4.78 is 5.46. The van der Waals surface area contributed by atoms with Crippen molar-refractivity contribution in [3.63, 3.8) is 0 Å². The molecule has 92 valence electrons. The van der Waals surface area contributed by atoms with Crippen molar-refractivity contribution in [3.05, 3.63) is 29.3 Å². The fourth-order valence-electron chi connectivity index (χ4n) is 1.25. The number of nitrogens with zero attached hydrogens (tertiary/aromatic N) is 2. The second kappa shape index (κ2) is 6.49. The largest absolute Gasteiger partial charge is 0.488 e. The molecule has 0 aromatic heterocycles. The van der Waals surface area contributed by atoms with Crippen molar-refractivity contribution in [2.75, 3.05) is 6.61 Å². The van der Waals surface area contributed by atoms with Crippen LogP contribution < -0.4 is 16.0 Å². The van der Waals surface area contributed by atoms with Crippen LogP contribution in [0.15, 0.2) is 28.4 Å². The van der Waals surface area contributed by atoms with Gasteiger partial charge in [0.05, 0.1) is 6.21 Å². The fourth-order valence-corrected chi connectivity index (χ4v) is 1.25. The minimum absolute atomic E-state index is 0.173. The molecule has 0 unspecified atom stereocenters. The summed E-state index contributed by atoms with van der Waals surface area (Å²) in [4.78, 5) is 0. The predicted molar refractivity (Wildman–Crippen MR) is 66.4 cm³/mol. The van der Waals surface area contributed by atoms with E-state index in [4.69, 9.17) is 15.7 Å². The third-order valence-corrected chi connectivity index (χ3v) is 2.01. The molecule has 0 aliphatic heterocycles. The maximum atomic E-state index is 8.32. The van der Waals surface area contributed by atoms with Gasteiger partial charge in [-0.25, -0.2) is 5.48 Å². The van der Waals surface area contributed by atoms with E-state index in [2.05, 4.69) is 10.2 Å². The van der Waals surface area contributed by atoms with E-state index in [1.807, 2.05) is 32.0 Å². The van der Waals surface area contributed by atoms with E-state index in [0.29, 0.717) is 0 Å². The predicted octanol–water partition coefficient (Wildman–Crippen LogP) is 0.962. The number of rotatable bonds is 4. The Morgan fingerprint density at radius 3 is 2.94 bits per heavy atom. The quantitative estimate of drug-likeness (QED) is 0.412. The molecule has 0 atom stereocenters. The molecule has 0 spiro atoms. The Kier molecular flexibility index (Phi) is 4.96. The maximum absolute atomic E-state index is 8.32. The van der Waals surface area contributed by atoms with Crippen molar-refractivity contribution in [2.24, 2.45) is 15.9 Å². The van der Waals surface area contributed by atoms with Gasteiger partial charge in [0.25, 0.3) is 0 Å². The third-order valence-electron chi connectivity index (χ3n) is 2.01. The van der Waals surface area contributed by atoms with Crippen molar-refractivity contribution in [2.45, 2.75) is 13.8 Å². The standard InChI is InChI=1S/C11H16N4O2/c1-8-3-4-10(9(2)7-8)17-6-5-13-14-11(12)15-16/h3-5,7,16H,6H2,1-2H3,(H3,12,14,15). The lowest BCUT2D eigenvalue weighted by molar-refractivity contribution is 0.232. The summed E-state index contributed by atoms with van der Waals surface area (Å²) in [5.74, 6) is 0.632. The monoisotopic (exact) mass is 236 g/mol. The molecule has 0 radical (unpaired) electrons. The smallest absolute Gasteiger partial charge is 0.237 e. The van der Waals surface area contributed by atoms with E-state index in [1.54, 1.807) is 5.48 Å². The van der Waals surface area contributed by atoms with Gasteiger partial charge in [0.1, 0.15) is 12.4 Å². The van der Waals surface area contributed by atoms with Gasteiger partial charge >= 0.3 is 0 Å². The molecule has 17 heavy (non-hydrogen) atoms. The number of nitrogens with one attached hydrogen (secondary N) is 1. The maximum Gasteiger partial charge on any atom is 0.237 e. The highest BCUT2D eigenvalue weighted by Gasteiger charge is 1.97. The lowest BCUT2D eigenvalue weighted by Gasteiger charge is -2.06. The van der Waals surface area contributed by atoms with Crippen LogP contribution in [0.4, 0.5) is 0 Å². The molecule has 0 saturated heterocycles. The molecular weight excluding hydrogens is 220 g/mol. The molecule has 0 fully saturated rings. The van der Waals surface area contributed by atoms with Crippen LogP contribution in [0.1, 0.15) is 11.1 Å². The number of benzene rings is 1. The molecule has 0 aliphatic rings. The highest BCUT2D eigenvalue weighted by atomic mass is 16.5. The highest BCUT2D eigenvalue weighted by Crippen LogP contribution is 2.18. The minimum atomic E-state index is -0.173. The summed E-state index contributed by atoms with van der Waals surface area (Å²) in [5, 5.41) is 15.3. The van der Waals surface area contributed by atoms with Crippen LogP contribution in [0.2, 0.25) is 0 Å². The van der Waals surface area contributed by atoms with E-state index in [9.17, 15) is 0 Å². The van der Waals surface area contributed by atoms with Crippen molar-refractivity contribution in [1.82, 2.24) is 5.48 Å². The SMILES string of the molecule is Cc1ccc(OCC=NN=C(N)NO)c(C)c1. The van der Waals surface area contributed by atoms with Gasteiger partial charge in [0, 0.05) is 0 Å². The van der Waals surface area contributed by atoms with Crippen LogP contribution in [0.3, 0.4) is 0 Å². The molecule has 0 heterocycles. The van der Waals surface area contributed by atoms with E-state index < -0.39 is 0 Å². The summed E-state index contributed by atoms with van der Waals surface area (Å²) in [6, 6.07) is 5.93. The van der Waals surface area contributed by atoms with Crippen LogP contribution in [-0.2, 0) is 0 Å². The van der Waals surface area contributed by atoms with E-state index in [1.165, 1.54) is 11.8 Å². The summed E-state index contributed by atoms with van der Waals surface area (Å²) in [6.07, 6.45) is 1.45. The average molecular weight is 236 g/mol. The topological polar surface area (TPSA) is 92.2 Å². The van der Waals surface area contributed by atoms with Crippen LogP contribution in [0, 0.1) is 13.8 Å². The second-order valence-corrected chi connectivity index (χ2v) is 3.48. The Hall–Kier alpha value is -2.08. The molecule has 1 rings (SSSR count). The van der Waals surface area contributed by atoms with Crippen LogP contribution in [0.5, 0.6) is 5.75 Å². The van der Waals surface area contributed by atoms with Gasteiger partial charge in [-0.2, -0.15) is 5.10 Å². The van der Waals surface area contributed by atoms with Gasteiger partial charge in [-0.15, -0.1) is 5.10 Å². The lowest BCUT2D eigenvalue weighted by atomic mass is 10.1. The number of nitrogens with two attached hydrogens (primary N) is 1. The van der Waals surface area contributed by atoms with E-state index in [0.717, 1.165) is 11.3 Å². The van der Waals surface area contributed by atoms with Crippen LogP contribution in [-0.4, -0.2) is 24.0 Å². The molecule has 1 aromatic rings. The van der Waals surface area contributed by atoms with E-state index >= 15 is 0 Å². The fraction of sp³-hybridized carbons (Fsp3) is 0.273. The van der Waals surface area contributed by atoms with Gasteiger partial charge in [-0.05, 0) is 25.5 Å². The van der Waals surface area contributed by atoms with Gasteiger partial charge in [-0.3, -0.25) is 5.21 Å². The normalized spacial score (nSPS) is 11.8. The third kappa shape index (κ3) is 4.52. The summed E-state index contributed by atoms with van der Waals surface area (Å²) in [6.45, 7) is 4.29. The first kappa shape index (κ1) is 13.0. The number of hydroxylamine groups is 1. The first-order chi connectivity index (χ1) is 8.13. The first-order valence-corrected chi connectivity index (χ1v) is 5.08. The van der Waals surface area contributed by atoms with Crippen LogP contribution >= 0.6 is 0 Å². The van der Waals surface area contributed by atoms with Gasteiger partial charge in [0.15, 0.2) is 0 Å². The molecule has 0 amide bonds. The van der Waals surface area contributed by atoms with Crippen molar-refractivity contribution in [3.8, 4) is 5.75 Å². The van der Waals surface area contributed by atoms with Gasteiger partial charge < -0.3 is 10.5 Å². The Morgan fingerprint density at radius 2 is 2.29 bits per heavy atom.